The van der Waals surface area contributed by atoms with Gasteiger partial charge in [0.2, 0.25) is 5.91 Å². The fourth-order valence-corrected chi connectivity index (χ4v) is 2.85. The number of rotatable bonds is 6. The van der Waals surface area contributed by atoms with E-state index < -0.39 is 5.54 Å². The Labute approximate surface area is 126 Å². The second kappa shape index (κ2) is 6.55. The van der Waals surface area contributed by atoms with E-state index in [1.807, 2.05) is 74.5 Å². The van der Waals surface area contributed by atoms with E-state index in [0.29, 0.717) is 6.54 Å². The molecule has 2 aromatic rings. The highest BCUT2D eigenvalue weighted by Gasteiger charge is 2.40. The Balaban J connectivity index is 2.58. The lowest BCUT2D eigenvalue weighted by atomic mass is 9.75. The smallest absolute Gasteiger partial charge is 0.238 e. The third kappa shape index (κ3) is 3.14. The van der Waals surface area contributed by atoms with Crippen molar-refractivity contribution in [1.82, 2.24) is 5.32 Å². The number of benzene rings is 2. The molecule has 2 aromatic carbocycles. The van der Waals surface area contributed by atoms with Gasteiger partial charge in [-0.05, 0) is 24.6 Å². The zero-order chi connectivity index (χ0) is 15.3. The summed E-state index contributed by atoms with van der Waals surface area (Å²) in [6.45, 7) is 4.54. The average Bonchev–Trinajstić information content (AvgIpc) is 2.50. The van der Waals surface area contributed by atoms with Crippen molar-refractivity contribution in [3.8, 4) is 0 Å². The van der Waals surface area contributed by atoms with Crippen LogP contribution in [0, 0.1) is 0 Å². The molecule has 0 fully saturated rings. The van der Waals surface area contributed by atoms with Gasteiger partial charge in [-0.2, -0.15) is 0 Å². The van der Waals surface area contributed by atoms with Crippen LogP contribution in [-0.2, 0) is 4.79 Å². The van der Waals surface area contributed by atoms with Crippen LogP contribution in [0.2, 0.25) is 0 Å². The maximum Gasteiger partial charge on any atom is 0.238 e. The van der Waals surface area contributed by atoms with Gasteiger partial charge in [-0.15, -0.1) is 0 Å². The van der Waals surface area contributed by atoms with Gasteiger partial charge in [-0.1, -0.05) is 67.6 Å². The second-order valence-electron chi connectivity index (χ2n) is 5.35. The largest absolute Gasteiger partial charge is 0.368 e. The standard InChI is InChI=1S/C18H22N2O/c1-3-20-18(2,17(19)21)16(14-10-6-4-7-11-14)15-12-8-5-9-13-15/h4-13,16,20H,3H2,1-2H3,(H2,19,21). The fourth-order valence-electron chi connectivity index (χ4n) is 2.85. The Morgan fingerprint density at radius 1 is 1.05 bits per heavy atom. The highest BCUT2D eigenvalue weighted by Crippen LogP contribution is 2.34. The van der Waals surface area contributed by atoms with E-state index in [2.05, 4.69) is 5.32 Å². The Bertz CT molecular complexity index is 543. The molecule has 0 heterocycles. The van der Waals surface area contributed by atoms with Crippen LogP contribution in [0.1, 0.15) is 30.9 Å². The predicted octanol–water partition coefficient (Wildman–Crippen LogP) is 2.67. The Kier molecular flexibility index (Phi) is 4.76. The maximum atomic E-state index is 12.2. The van der Waals surface area contributed by atoms with Crippen molar-refractivity contribution in [2.75, 3.05) is 6.54 Å². The number of carbonyl (C=O) groups excluding carboxylic acids is 1. The van der Waals surface area contributed by atoms with Gasteiger partial charge in [0, 0.05) is 5.92 Å². The fraction of sp³-hybridized carbons (Fsp3) is 0.278. The number of nitrogens with one attached hydrogen (secondary N) is 1. The maximum absolute atomic E-state index is 12.2. The molecule has 1 unspecified atom stereocenters. The molecule has 0 aliphatic rings. The third-order valence-corrected chi connectivity index (χ3v) is 3.90. The summed E-state index contributed by atoms with van der Waals surface area (Å²) in [7, 11) is 0. The first-order chi connectivity index (χ1) is 10.1. The number of amides is 1. The summed E-state index contributed by atoms with van der Waals surface area (Å²) in [4.78, 5) is 12.2. The molecule has 3 N–H and O–H groups in total. The first kappa shape index (κ1) is 15.3. The molecule has 0 saturated carbocycles. The van der Waals surface area contributed by atoms with Gasteiger partial charge in [-0.3, -0.25) is 4.79 Å². The number of hydrogen-bond acceptors (Lipinski definition) is 2. The van der Waals surface area contributed by atoms with Gasteiger partial charge in [0.25, 0.3) is 0 Å². The third-order valence-electron chi connectivity index (χ3n) is 3.90. The molecular formula is C18H22N2O. The first-order valence-corrected chi connectivity index (χ1v) is 7.24. The number of likely N-dealkylation sites (N-methyl/N-ethyl adjacent to an activating group) is 1. The van der Waals surface area contributed by atoms with E-state index >= 15 is 0 Å². The van der Waals surface area contributed by atoms with Crippen LogP contribution in [-0.4, -0.2) is 18.0 Å². The molecule has 0 aliphatic heterocycles. The van der Waals surface area contributed by atoms with Crippen LogP contribution < -0.4 is 11.1 Å². The van der Waals surface area contributed by atoms with Gasteiger partial charge < -0.3 is 11.1 Å². The summed E-state index contributed by atoms with van der Waals surface area (Å²) in [5.41, 5.74) is 7.05. The lowest BCUT2D eigenvalue weighted by molar-refractivity contribution is -0.124. The summed E-state index contributed by atoms with van der Waals surface area (Å²) in [6.07, 6.45) is 0. The summed E-state index contributed by atoms with van der Waals surface area (Å²) in [6, 6.07) is 20.0. The van der Waals surface area contributed by atoms with Crippen LogP contribution in [0.15, 0.2) is 60.7 Å². The monoisotopic (exact) mass is 282 g/mol. The Hall–Kier alpha value is -2.13. The normalized spacial score (nSPS) is 13.9. The number of nitrogens with two attached hydrogens (primary N) is 1. The quantitative estimate of drug-likeness (QED) is 0.856. The lowest BCUT2D eigenvalue weighted by Gasteiger charge is -2.36. The van der Waals surface area contributed by atoms with Gasteiger partial charge in [0.15, 0.2) is 0 Å². The van der Waals surface area contributed by atoms with Crippen molar-refractivity contribution in [2.45, 2.75) is 25.3 Å². The van der Waals surface area contributed by atoms with E-state index in [1.165, 1.54) is 0 Å². The molecule has 0 bridgehead atoms. The first-order valence-electron chi connectivity index (χ1n) is 7.24. The van der Waals surface area contributed by atoms with E-state index in [0.717, 1.165) is 11.1 Å². The highest BCUT2D eigenvalue weighted by molar-refractivity contribution is 5.86. The molecule has 0 saturated heterocycles. The van der Waals surface area contributed by atoms with Crippen molar-refractivity contribution in [1.29, 1.82) is 0 Å². The van der Waals surface area contributed by atoms with Crippen molar-refractivity contribution in [2.24, 2.45) is 5.73 Å². The lowest BCUT2D eigenvalue weighted by Crippen LogP contribution is -2.57. The topological polar surface area (TPSA) is 55.1 Å². The molecule has 0 aromatic heterocycles. The predicted molar refractivity (Wildman–Crippen MR) is 86.0 cm³/mol. The number of hydrogen-bond donors (Lipinski definition) is 2. The van der Waals surface area contributed by atoms with Crippen molar-refractivity contribution < 1.29 is 4.79 Å². The molecule has 3 heteroatoms. The van der Waals surface area contributed by atoms with E-state index in [-0.39, 0.29) is 11.8 Å². The molecule has 0 radical (unpaired) electrons. The van der Waals surface area contributed by atoms with Gasteiger partial charge in [0.1, 0.15) is 5.54 Å². The minimum Gasteiger partial charge on any atom is -0.368 e. The molecule has 2 rings (SSSR count). The van der Waals surface area contributed by atoms with Gasteiger partial charge in [0.05, 0.1) is 0 Å². The van der Waals surface area contributed by atoms with Crippen LogP contribution in [0.25, 0.3) is 0 Å². The molecule has 1 amide bonds. The van der Waals surface area contributed by atoms with Crippen molar-refractivity contribution >= 4 is 5.91 Å². The van der Waals surface area contributed by atoms with E-state index in [9.17, 15) is 4.79 Å². The number of carbonyl (C=O) groups is 1. The molecule has 110 valence electrons. The van der Waals surface area contributed by atoms with Crippen LogP contribution in [0.5, 0.6) is 0 Å². The average molecular weight is 282 g/mol. The van der Waals surface area contributed by atoms with E-state index in [4.69, 9.17) is 5.73 Å². The molecule has 0 aliphatic carbocycles. The zero-order valence-electron chi connectivity index (χ0n) is 12.5. The summed E-state index contributed by atoms with van der Waals surface area (Å²) >= 11 is 0. The Morgan fingerprint density at radius 2 is 1.48 bits per heavy atom. The molecule has 1 atom stereocenters. The minimum absolute atomic E-state index is 0.127. The van der Waals surface area contributed by atoms with Gasteiger partial charge >= 0.3 is 0 Å². The summed E-state index contributed by atoms with van der Waals surface area (Å²) in [5.74, 6) is -0.473. The van der Waals surface area contributed by atoms with Crippen LogP contribution >= 0.6 is 0 Å². The summed E-state index contributed by atoms with van der Waals surface area (Å²) in [5, 5.41) is 3.28. The van der Waals surface area contributed by atoms with E-state index in [1.54, 1.807) is 0 Å². The Morgan fingerprint density at radius 3 is 1.81 bits per heavy atom. The molecular weight excluding hydrogens is 260 g/mol. The van der Waals surface area contributed by atoms with Gasteiger partial charge in [-0.25, -0.2) is 0 Å². The molecule has 3 nitrogen and oxygen atoms in total. The molecule has 0 spiro atoms. The van der Waals surface area contributed by atoms with Crippen molar-refractivity contribution in [3.05, 3.63) is 71.8 Å². The SMILES string of the molecule is CCNC(C)(C(N)=O)C(c1ccccc1)c1ccccc1. The zero-order valence-corrected chi connectivity index (χ0v) is 12.5. The number of primary amides is 1. The minimum atomic E-state index is -0.836. The van der Waals surface area contributed by atoms with Crippen LogP contribution in [0.4, 0.5) is 0 Å². The molecule has 21 heavy (non-hydrogen) atoms. The van der Waals surface area contributed by atoms with Crippen molar-refractivity contribution in [3.63, 3.8) is 0 Å². The highest BCUT2D eigenvalue weighted by atomic mass is 16.1. The second-order valence-corrected chi connectivity index (χ2v) is 5.35. The summed E-state index contributed by atoms with van der Waals surface area (Å²) < 4.78 is 0. The van der Waals surface area contributed by atoms with Crippen LogP contribution in [0.3, 0.4) is 0 Å².